The van der Waals surface area contributed by atoms with Crippen LogP contribution in [0.2, 0.25) is 0 Å². The quantitative estimate of drug-likeness (QED) is 0.176. The lowest BCUT2D eigenvalue weighted by atomic mass is 9.65. The molecular formula is C53H32N4O. The lowest BCUT2D eigenvalue weighted by Gasteiger charge is -2.40. The molecule has 1 atom stereocenters. The molecular weight excluding hydrogens is 709 g/mol. The molecule has 2 aliphatic rings. The maximum atomic E-state index is 9.54. The van der Waals surface area contributed by atoms with Gasteiger partial charge in [0.25, 0.3) is 0 Å². The first-order valence-electron chi connectivity index (χ1n) is 19.3. The normalized spacial score (nSPS) is 14.4. The van der Waals surface area contributed by atoms with Crippen LogP contribution in [0.4, 0.5) is 0 Å². The molecule has 11 rings (SSSR count). The molecule has 8 aromatic carbocycles. The van der Waals surface area contributed by atoms with Crippen LogP contribution in [0, 0.1) is 11.3 Å². The second-order valence-electron chi connectivity index (χ2n) is 14.6. The first-order valence-corrected chi connectivity index (χ1v) is 19.3. The number of aromatic nitrogens is 3. The molecule has 0 saturated heterocycles. The van der Waals surface area contributed by atoms with Crippen molar-refractivity contribution in [3.05, 3.63) is 222 Å². The largest absolute Gasteiger partial charge is 0.456 e. The lowest BCUT2D eigenvalue weighted by Crippen LogP contribution is -2.32. The van der Waals surface area contributed by atoms with Crippen molar-refractivity contribution in [2.75, 3.05) is 0 Å². The Labute approximate surface area is 336 Å². The molecule has 1 aromatic heterocycles. The van der Waals surface area contributed by atoms with E-state index in [1.807, 2.05) is 66.7 Å². The zero-order chi connectivity index (χ0) is 38.6. The Morgan fingerprint density at radius 2 is 0.948 bits per heavy atom. The minimum absolute atomic E-state index is 0.601. The van der Waals surface area contributed by atoms with E-state index in [1.54, 1.807) is 0 Å². The fourth-order valence-corrected chi connectivity index (χ4v) is 8.92. The SMILES string of the molecule is N#Cc1ccc(-c2cccc3c2Oc2ccccc2C32c3ccccc3-c3c(-c4nc(-c5ccccc5)nc(-c5cccc(-c6ccccc6)c5)n4)cccc32)cc1. The molecule has 1 aliphatic heterocycles. The van der Waals surface area contributed by atoms with Crippen LogP contribution in [0.3, 0.4) is 0 Å². The van der Waals surface area contributed by atoms with Gasteiger partial charge in [-0.2, -0.15) is 5.26 Å². The van der Waals surface area contributed by atoms with Crippen LogP contribution in [0.15, 0.2) is 194 Å². The van der Waals surface area contributed by atoms with E-state index in [-0.39, 0.29) is 0 Å². The molecule has 1 aliphatic carbocycles. The summed E-state index contributed by atoms with van der Waals surface area (Å²) < 4.78 is 6.92. The second-order valence-corrected chi connectivity index (χ2v) is 14.6. The van der Waals surface area contributed by atoms with Crippen molar-refractivity contribution in [1.82, 2.24) is 15.0 Å². The van der Waals surface area contributed by atoms with Gasteiger partial charge in [0, 0.05) is 33.4 Å². The molecule has 9 aromatic rings. The molecule has 0 saturated carbocycles. The maximum absolute atomic E-state index is 9.54. The van der Waals surface area contributed by atoms with Crippen molar-refractivity contribution in [3.63, 3.8) is 0 Å². The Bertz CT molecular complexity index is 3100. The van der Waals surface area contributed by atoms with Gasteiger partial charge >= 0.3 is 0 Å². The number of hydrogen-bond acceptors (Lipinski definition) is 5. The summed E-state index contributed by atoms with van der Waals surface area (Å²) in [5, 5.41) is 9.54. The molecule has 0 bridgehead atoms. The number of ether oxygens (including phenoxy) is 1. The second kappa shape index (κ2) is 13.4. The van der Waals surface area contributed by atoms with Crippen molar-refractivity contribution in [2.45, 2.75) is 5.41 Å². The predicted octanol–water partition coefficient (Wildman–Crippen LogP) is 12.5. The molecule has 0 amide bonds. The van der Waals surface area contributed by atoms with E-state index in [0.717, 1.165) is 78.3 Å². The van der Waals surface area contributed by atoms with E-state index in [0.29, 0.717) is 23.0 Å². The number of fused-ring (bicyclic) bond motifs is 9. The van der Waals surface area contributed by atoms with E-state index in [1.165, 1.54) is 5.56 Å². The Hall–Kier alpha value is -7.94. The Balaban J connectivity index is 1.17. The summed E-state index contributed by atoms with van der Waals surface area (Å²) in [5.74, 6) is 3.42. The van der Waals surface area contributed by atoms with E-state index in [2.05, 4.69) is 133 Å². The van der Waals surface area contributed by atoms with E-state index < -0.39 is 5.41 Å². The first kappa shape index (κ1) is 33.4. The van der Waals surface area contributed by atoms with E-state index in [4.69, 9.17) is 19.7 Å². The topological polar surface area (TPSA) is 71.7 Å². The van der Waals surface area contributed by atoms with Gasteiger partial charge in [0.05, 0.1) is 17.0 Å². The highest BCUT2D eigenvalue weighted by Gasteiger charge is 2.52. The van der Waals surface area contributed by atoms with Gasteiger partial charge < -0.3 is 4.74 Å². The number of nitriles is 1. The number of rotatable bonds is 5. The minimum atomic E-state index is -0.711. The van der Waals surface area contributed by atoms with Gasteiger partial charge in [-0.05, 0) is 63.2 Å². The van der Waals surface area contributed by atoms with E-state index in [9.17, 15) is 5.26 Å². The molecule has 1 unspecified atom stereocenters. The number of nitrogens with zero attached hydrogens (tertiary/aromatic N) is 4. The molecule has 0 radical (unpaired) electrons. The number of benzene rings is 8. The van der Waals surface area contributed by atoms with Crippen LogP contribution in [-0.4, -0.2) is 15.0 Å². The zero-order valence-corrected chi connectivity index (χ0v) is 31.2. The van der Waals surface area contributed by atoms with Gasteiger partial charge in [0.1, 0.15) is 11.5 Å². The first-order chi connectivity index (χ1) is 28.7. The monoisotopic (exact) mass is 740 g/mol. The third-order valence-corrected chi connectivity index (χ3v) is 11.5. The molecule has 5 nitrogen and oxygen atoms in total. The highest BCUT2D eigenvalue weighted by atomic mass is 16.5. The summed E-state index contributed by atoms with van der Waals surface area (Å²) in [7, 11) is 0. The van der Waals surface area contributed by atoms with Crippen LogP contribution >= 0.6 is 0 Å². The lowest BCUT2D eigenvalue weighted by molar-refractivity contribution is 0.438. The summed E-state index contributed by atoms with van der Waals surface area (Å²) in [5.41, 5.74) is 13.4. The minimum Gasteiger partial charge on any atom is -0.456 e. The fourth-order valence-electron chi connectivity index (χ4n) is 8.92. The zero-order valence-electron chi connectivity index (χ0n) is 31.2. The molecule has 0 N–H and O–H groups in total. The molecule has 5 heteroatoms. The summed E-state index contributed by atoms with van der Waals surface area (Å²) in [4.78, 5) is 15.7. The molecule has 2 heterocycles. The molecule has 58 heavy (non-hydrogen) atoms. The third kappa shape index (κ3) is 5.13. The average Bonchev–Trinajstić information content (AvgIpc) is 3.60. The Kier molecular flexibility index (Phi) is 7.70. The smallest absolute Gasteiger partial charge is 0.164 e. The van der Waals surface area contributed by atoms with Gasteiger partial charge in [-0.15, -0.1) is 0 Å². The van der Waals surface area contributed by atoms with Crippen molar-refractivity contribution < 1.29 is 4.74 Å². The van der Waals surface area contributed by atoms with Crippen LogP contribution in [-0.2, 0) is 5.41 Å². The third-order valence-electron chi connectivity index (χ3n) is 11.5. The van der Waals surface area contributed by atoms with Crippen LogP contribution in [0.25, 0.3) is 67.5 Å². The summed E-state index contributed by atoms with van der Waals surface area (Å²) in [6.45, 7) is 0. The van der Waals surface area contributed by atoms with Gasteiger partial charge in [-0.3, -0.25) is 0 Å². The highest BCUT2D eigenvalue weighted by Crippen LogP contribution is 2.64. The molecule has 0 fully saturated rings. The Morgan fingerprint density at radius 3 is 1.72 bits per heavy atom. The fraction of sp³-hybridized carbons (Fsp3) is 0.0189. The predicted molar refractivity (Wildman–Crippen MR) is 229 cm³/mol. The van der Waals surface area contributed by atoms with E-state index >= 15 is 0 Å². The van der Waals surface area contributed by atoms with Crippen molar-refractivity contribution in [2.24, 2.45) is 0 Å². The standard InChI is InChI=1S/C53H32N4O/c54-33-34-28-30-36(31-29-34)40-21-12-26-46-49(40)58-47-27-10-9-24-44(47)53(46)43-23-8-7-20-41(43)48-42(22-13-25-45(48)53)52-56-50(37-16-5-2-6-17-37)55-51(57-52)39-19-11-18-38(32-39)35-14-3-1-4-15-35/h1-32H. The van der Waals surface area contributed by atoms with Crippen molar-refractivity contribution >= 4 is 0 Å². The van der Waals surface area contributed by atoms with Crippen molar-refractivity contribution in [1.29, 1.82) is 5.26 Å². The summed E-state index contributed by atoms with van der Waals surface area (Å²) in [6, 6.07) is 68.9. The van der Waals surface area contributed by atoms with Crippen molar-refractivity contribution in [3.8, 4) is 85.1 Å². The number of hydrogen-bond donors (Lipinski definition) is 0. The van der Waals surface area contributed by atoms with Gasteiger partial charge in [-0.25, -0.2) is 15.0 Å². The number of para-hydroxylation sites is 2. The molecule has 270 valence electrons. The highest BCUT2D eigenvalue weighted by molar-refractivity contribution is 5.96. The van der Waals surface area contributed by atoms with Crippen LogP contribution < -0.4 is 4.74 Å². The summed E-state index contributed by atoms with van der Waals surface area (Å²) in [6.07, 6.45) is 0. The summed E-state index contributed by atoms with van der Waals surface area (Å²) >= 11 is 0. The average molecular weight is 741 g/mol. The van der Waals surface area contributed by atoms with Gasteiger partial charge in [0.2, 0.25) is 0 Å². The van der Waals surface area contributed by atoms with Gasteiger partial charge in [0.15, 0.2) is 17.5 Å². The van der Waals surface area contributed by atoms with Crippen LogP contribution in [0.5, 0.6) is 11.5 Å². The molecule has 1 spiro atoms. The maximum Gasteiger partial charge on any atom is 0.164 e. The Morgan fingerprint density at radius 1 is 0.397 bits per heavy atom. The van der Waals surface area contributed by atoms with Gasteiger partial charge in [-0.1, -0.05) is 170 Å². The van der Waals surface area contributed by atoms with Crippen LogP contribution in [0.1, 0.15) is 27.8 Å².